The van der Waals surface area contributed by atoms with Gasteiger partial charge in [-0.1, -0.05) is 41.6 Å². The molecule has 3 amide bonds. The molecule has 1 aliphatic heterocycles. The second kappa shape index (κ2) is 8.04. The minimum Gasteiger partial charge on any atom is -0.410 e. The molecule has 3 aromatic rings. The van der Waals surface area contributed by atoms with Crippen molar-refractivity contribution in [3.63, 3.8) is 0 Å². The Morgan fingerprint density at radius 3 is 2.40 bits per heavy atom. The predicted octanol–water partition coefficient (Wildman–Crippen LogP) is 4.19. The first-order chi connectivity index (χ1) is 14.5. The largest absolute Gasteiger partial charge is 0.410 e. The number of anilines is 3. The monoisotopic (exact) mass is 404 g/mol. The number of nitrogens with zero attached hydrogens (tertiary/aromatic N) is 2. The quantitative estimate of drug-likeness (QED) is 0.449. The second-order valence-corrected chi connectivity index (χ2v) is 6.65. The Labute approximate surface area is 171 Å². The zero-order chi connectivity index (χ0) is 21.1. The SMILES string of the molecule is O=C(Nc1cccc(F)c1)Nc1ccc2c(c1)/C(=N/O)C(=O)N2Cc1ccccc1. The maximum atomic E-state index is 13.3. The van der Waals surface area contributed by atoms with Crippen LogP contribution in [0.4, 0.5) is 26.2 Å². The fourth-order valence-electron chi connectivity index (χ4n) is 3.27. The number of fused-ring (bicyclic) bond motifs is 1. The maximum Gasteiger partial charge on any atom is 0.323 e. The number of nitrogens with one attached hydrogen (secondary N) is 2. The lowest BCUT2D eigenvalue weighted by molar-refractivity contribution is -0.112. The predicted molar refractivity (Wildman–Crippen MR) is 111 cm³/mol. The first-order valence-corrected chi connectivity index (χ1v) is 9.11. The molecule has 0 fully saturated rings. The van der Waals surface area contributed by atoms with Gasteiger partial charge in [-0.15, -0.1) is 0 Å². The molecule has 150 valence electrons. The highest BCUT2D eigenvalue weighted by Gasteiger charge is 2.34. The van der Waals surface area contributed by atoms with E-state index < -0.39 is 17.8 Å². The van der Waals surface area contributed by atoms with Gasteiger partial charge in [0.15, 0.2) is 5.71 Å². The van der Waals surface area contributed by atoms with Crippen LogP contribution in [0.25, 0.3) is 0 Å². The van der Waals surface area contributed by atoms with E-state index in [0.717, 1.165) is 5.56 Å². The number of amides is 3. The van der Waals surface area contributed by atoms with Crippen LogP contribution >= 0.6 is 0 Å². The Bertz CT molecular complexity index is 1150. The fourth-order valence-corrected chi connectivity index (χ4v) is 3.27. The van der Waals surface area contributed by atoms with Crippen LogP contribution in [-0.4, -0.2) is 22.9 Å². The van der Waals surface area contributed by atoms with Gasteiger partial charge in [-0.3, -0.25) is 4.79 Å². The number of urea groups is 1. The van der Waals surface area contributed by atoms with Crippen LogP contribution in [0, 0.1) is 5.82 Å². The molecular weight excluding hydrogens is 387 g/mol. The third-order valence-corrected chi connectivity index (χ3v) is 4.61. The van der Waals surface area contributed by atoms with E-state index in [1.54, 1.807) is 24.3 Å². The molecular formula is C22H17FN4O3. The molecule has 3 aromatic carbocycles. The van der Waals surface area contributed by atoms with Crippen LogP contribution in [0.15, 0.2) is 78.0 Å². The van der Waals surface area contributed by atoms with E-state index >= 15 is 0 Å². The average Bonchev–Trinajstić information content (AvgIpc) is 2.99. The van der Waals surface area contributed by atoms with Gasteiger partial charge in [0, 0.05) is 16.9 Å². The van der Waals surface area contributed by atoms with Crippen LogP contribution in [0.3, 0.4) is 0 Å². The van der Waals surface area contributed by atoms with Gasteiger partial charge in [-0.25, -0.2) is 9.18 Å². The molecule has 7 nitrogen and oxygen atoms in total. The van der Waals surface area contributed by atoms with E-state index in [-0.39, 0.29) is 5.71 Å². The van der Waals surface area contributed by atoms with Crippen LogP contribution < -0.4 is 15.5 Å². The highest BCUT2D eigenvalue weighted by Crippen LogP contribution is 2.33. The van der Waals surface area contributed by atoms with E-state index in [9.17, 15) is 19.2 Å². The summed E-state index contributed by atoms with van der Waals surface area (Å²) in [5.41, 5.74) is 2.49. The number of carbonyl (C=O) groups excluding carboxylic acids is 2. The van der Waals surface area contributed by atoms with Crippen molar-refractivity contribution < 1.29 is 19.2 Å². The molecule has 8 heteroatoms. The fraction of sp³-hybridized carbons (Fsp3) is 0.0455. The van der Waals surface area contributed by atoms with Crippen molar-refractivity contribution in [2.75, 3.05) is 15.5 Å². The summed E-state index contributed by atoms with van der Waals surface area (Å²) in [6.45, 7) is 0.318. The van der Waals surface area contributed by atoms with E-state index in [2.05, 4.69) is 15.8 Å². The van der Waals surface area contributed by atoms with Crippen LogP contribution in [0.2, 0.25) is 0 Å². The van der Waals surface area contributed by atoms with Gasteiger partial charge < -0.3 is 20.7 Å². The standard InChI is InChI=1S/C22H17FN4O3/c23-15-7-4-8-16(11-15)24-22(29)25-17-9-10-19-18(12-17)20(26-30)21(28)27(19)13-14-5-2-1-3-6-14/h1-12,30H,13H2,(H2,24,25,29)/b26-20-. The van der Waals surface area contributed by atoms with Gasteiger partial charge in [0.2, 0.25) is 0 Å². The normalized spacial score (nSPS) is 14.0. The van der Waals surface area contributed by atoms with Gasteiger partial charge in [-0.05, 0) is 42.0 Å². The molecule has 0 saturated heterocycles. The summed E-state index contributed by atoms with van der Waals surface area (Å²) in [7, 11) is 0. The number of oxime groups is 1. The zero-order valence-corrected chi connectivity index (χ0v) is 15.7. The summed E-state index contributed by atoms with van der Waals surface area (Å²) in [5.74, 6) is -0.899. The first-order valence-electron chi connectivity index (χ1n) is 9.11. The third kappa shape index (κ3) is 3.83. The molecule has 1 heterocycles. The smallest absolute Gasteiger partial charge is 0.323 e. The topological polar surface area (TPSA) is 94.0 Å². The molecule has 0 atom stereocenters. The summed E-state index contributed by atoms with van der Waals surface area (Å²) in [6, 6.07) is 19.2. The molecule has 4 rings (SSSR count). The highest BCUT2D eigenvalue weighted by molar-refractivity contribution is 6.54. The lowest BCUT2D eigenvalue weighted by Crippen LogP contribution is -2.29. The molecule has 0 spiro atoms. The summed E-state index contributed by atoms with van der Waals surface area (Å²) in [6.07, 6.45) is 0. The number of halogens is 1. The molecule has 0 saturated carbocycles. The lowest BCUT2D eigenvalue weighted by Gasteiger charge is -2.17. The number of rotatable bonds is 4. The highest BCUT2D eigenvalue weighted by atomic mass is 19.1. The lowest BCUT2D eigenvalue weighted by atomic mass is 10.1. The summed E-state index contributed by atoms with van der Waals surface area (Å²) >= 11 is 0. The Kier molecular flexibility index (Phi) is 5.13. The van der Waals surface area contributed by atoms with E-state index in [4.69, 9.17) is 0 Å². The minimum atomic E-state index is -0.575. The summed E-state index contributed by atoms with van der Waals surface area (Å²) < 4.78 is 13.3. The Balaban J connectivity index is 1.55. The molecule has 30 heavy (non-hydrogen) atoms. The van der Waals surface area contributed by atoms with E-state index in [1.165, 1.54) is 23.1 Å². The Morgan fingerprint density at radius 1 is 0.967 bits per heavy atom. The minimum absolute atomic E-state index is 0.102. The van der Waals surface area contributed by atoms with Crippen molar-refractivity contribution in [3.8, 4) is 0 Å². The van der Waals surface area contributed by atoms with Crippen LogP contribution in [-0.2, 0) is 11.3 Å². The molecule has 0 unspecified atom stereocenters. The van der Waals surface area contributed by atoms with Crippen molar-refractivity contribution in [1.29, 1.82) is 0 Å². The van der Waals surface area contributed by atoms with Crippen molar-refractivity contribution in [3.05, 3.63) is 89.7 Å². The number of hydrogen-bond donors (Lipinski definition) is 3. The van der Waals surface area contributed by atoms with Gasteiger partial charge in [0.05, 0.1) is 12.2 Å². The molecule has 0 aliphatic carbocycles. The molecule has 3 N–H and O–H groups in total. The van der Waals surface area contributed by atoms with Crippen molar-refractivity contribution in [1.82, 2.24) is 0 Å². The molecule has 0 radical (unpaired) electrons. The van der Waals surface area contributed by atoms with Gasteiger partial charge in [-0.2, -0.15) is 0 Å². The van der Waals surface area contributed by atoms with Gasteiger partial charge in [0.25, 0.3) is 5.91 Å². The van der Waals surface area contributed by atoms with Crippen LogP contribution in [0.5, 0.6) is 0 Å². The van der Waals surface area contributed by atoms with Crippen molar-refractivity contribution in [2.45, 2.75) is 6.54 Å². The van der Waals surface area contributed by atoms with Crippen molar-refractivity contribution >= 4 is 34.7 Å². The maximum absolute atomic E-state index is 13.3. The summed E-state index contributed by atoms with van der Waals surface area (Å²) in [5, 5.41) is 17.7. The number of hydrogen-bond acceptors (Lipinski definition) is 4. The third-order valence-electron chi connectivity index (χ3n) is 4.61. The number of benzene rings is 3. The van der Waals surface area contributed by atoms with Crippen LogP contribution in [0.1, 0.15) is 11.1 Å². The Hall–Kier alpha value is -4.20. The average molecular weight is 404 g/mol. The second-order valence-electron chi connectivity index (χ2n) is 6.65. The Morgan fingerprint density at radius 2 is 1.70 bits per heavy atom. The zero-order valence-electron chi connectivity index (χ0n) is 15.7. The first kappa shape index (κ1) is 19.1. The molecule has 0 aromatic heterocycles. The van der Waals surface area contributed by atoms with Crippen molar-refractivity contribution in [2.24, 2.45) is 5.16 Å². The van der Waals surface area contributed by atoms with Gasteiger partial charge >= 0.3 is 6.03 Å². The van der Waals surface area contributed by atoms with E-state index in [0.29, 0.717) is 29.2 Å². The molecule has 0 bridgehead atoms. The van der Waals surface area contributed by atoms with E-state index in [1.807, 2.05) is 30.3 Å². The van der Waals surface area contributed by atoms with Gasteiger partial charge in [0.1, 0.15) is 5.82 Å². The summed E-state index contributed by atoms with van der Waals surface area (Å²) in [4.78, 5) is 26.4. The molecule has 1 aliphatic rings. The number of carbonyl (C=O) groups is 2.